The SMILES string of the molecule is C[C](C)(C)[Al][c]1ccc2c(c1)C(CCCCCCOCc1cn(C3OC(C(=O)O)C(O)C(O)C3O)nn1)(CCCCCCOCc1cnnn1C1OC(C(=O)O)C(O)C(O)C1O)c1cc(C(C)(C)C)ccc1-2. The van der Waals surface area contributed by atoms with Crippen molar-refractivity contribution in [3.8, 4) is 11.1 Å². The quantitative estimate of drug-likeness (QED) is 0.0390. The van der Waals surface area contributed by atoms with Gasteiger partial charge in [-0.1, -0.05) is 131 Å². The normalized spacial score (nSPS) is 27.4. The number of aliphatic hydroxyl groups is 6. The van der Waals surface area contributed by atoms with Gasteiger partial charge in [0.1, 0.15) is 42.3 Å². The lowest BCUT2D eigenvalue weighted by Gasteiger charge is -2.38. The molecule has 7 rings (SSSR count). The Morgan fingerprint density at radius 2 is 1.21 bits per heavy atom. The van der Waals surface area contributed by atoms with Crippen LogP contribution in [-0.4, -0.2) is 160 Å². The molecule has 2 saturated heterocycles. The van der Waals surface area contributed by atoms with Crippen molar-refractivity contribution in [2.45, 2.75) is 195 Å². The van der Waals surface area contributed by atoms with Gasteiger partial charge in [0.05, 0.1) is 31.3 Å². The topological polar surface area (TPSA) is 294 Å². The van der Waals surface area contributed by atoms with E-state index in [1.54, 1.807) is 0 Å². The molecule has 21 heteroatoms. The van der Waals surface area contributed by atoms with Crippen LogP contribution in [0.25, 0.3) is 11.1 Å². The summed E-state index contributed by atoms with van der Waals surface area (Å²) in [7, 11) is 0. The van der Waals surface area contributed by atoms with Gasteiger partial charge in [-0.2, -0.15) is 0 Å². The van der Waals surface area contributed by atoms with E-state index in [1.807, 2.05) is 0 Å². The highest BCUT2D eigenvalue weighted by Gasteiger charge is 2.50. The van der Waals surface area contributed by atoms with Crippen LogP contribution >= 0.6 is 0 Å². The number of hydrogen-bond acceptors (Lipinski definition) is 16. The number of rotatable bonds is 23. The van der Waals surface area contributed by atoms with Crippen LogP contribution in [0.1, 0.15) is 146 Å². The predicted octanol–water partition coefficient (Wildman–Crippen LogP) is 3.45. The van der Waals surface area contributed by atoms with E-state index in [0.717, 1.165) is 68.9 Å². The first-order valence-electron chi connectivity index (χ1n) is 25.1. The molecule has 2 aromatic heterocycles. The Balaban J connectivity index is 0.962. The second kappa shape index (κ2) is 23.6. The van der Waals surface area contributed by atoms with Crippen LogP contribution in [0, 0.1) is 0 Å². The molecule has 0 saturated carbocycles. The van der Waals surface area contributed by atoms with E-state index in [4.69, 9.17) is 18.9 Å². The minimum atomic E-state index is -1.82. The molecular weight excluding hydrogens is 948 g/mol. The van der Waals surface area contributed by atoms with Gasteiger partial charge in [-0.05, 0) is 58.9 Å². The summed E-state index contributed by atoms with van der Waals surface area (Å²) in [5.74, 6) is -2.96. The molecule has 20 nitrogen and oxygen atoms in total. The number of aromatic nitrogens is 6. The van der Waals surface area contributed by atoms with Crippen LogP contribution in [0.2, 0.25) is 4.28 Å². The summed E-state index contributed by atoms with van der Waals surface area (Å²) < 4.78 is 26.7. The monoisotopic (exact) mass is 1020 g/mol. The van der Waals surface area contributed by atoms with Crippen molar-refractivity contribution < 1.29 is 69.4 Å². The lowest BCUT2D eigenvalue weighted by atomic mass is 9.69. The third-order valence-electron chi connectivity index (χ3n) is 14.0. The third-order valence-corrected chi connectivity index (χ3v) is 15.6. The Morgan fingerprint density at radius 3 is 1.79 bits per heavy atom. The highest BCUT2D eigenvalue weighted by Crippen LogP contribution is 2.55. The fourth-order valence-corrected chi connectivity index (χ4v) is 11.6. The van der Waals surface area contributed by atoms with Gasteiger partial charge in [0, 0.05) is 18.6 Å². The van der Waals surface area contributed by atoms with Crippen molar-refractivity contribution in [1.29, 1.82) is 0 Å². The zero-order valence-corrected chi connectivity index (χ0v) is 43.2. The van der Waals surface area contributed by atoms with Crippen molar-refractivity contribution in [3.63, 3.8) is 0 Å². The number of unbranched alkanes of at least 4 members (excludes halogenated alkanes) is 6. The zero-order chi connectivity index (χ0) is 52.1. The number of carbonyl (C=O) groups is 2. The average Bonchev–Trinajstić information content (AvgIpc) is 4.05. The summed E-state index contributed by atoms with van der Waals surface area (Å²) in [6.45, 7) is 14.9. The summed E-state index contributed by atoms with van der Waals surface area (Å²) in [6, 6.07) is 14.3. The van der Waals surface area contributed by atoms with Crippen molar-refractivity contribution in [3.05, 3.63) is 76.9 Å². The van der Waals surface area contributed by atoms with E-state index in [0.29, 0.717) is 24.6 Å². The molecule has 8 N–H and O–H groups in total. The first kappa shape index (κ1) is 55.5. The summed E-state index contributed by atoms with van der Waals surface area (Å²) in [6.07, 6.45) is -4.24. The zero-order valence-electron chi connectivity index (χ0n) is 42.1. The Kier molecular flexibility index (Phi) is 18.2. The van der Waals surface area contributed by atoms with Crippen molar-refractivity contribution in [2.24, 2.45) is 0 Å². The smallest absolute Gasteiger partial charge is 0.335 e. The Morgan fingerprint density at radius 1 is 0.667 bits per heavy atom. The number of carboxylic acid groups (broad SMARTS) is 2. The number of aliphatic carboxylic acids is 2. The number of benzene rings is 2. The fourth-order valence-electron chi connectivity index (χ4n) is 10.2. The molecule has 0 bridgehead atoms. The highest BCUT2D eigenvalue weighted by molar-refractivity contribution is 6.56. The van der Waals surface area contributed by atoms with E-state index in [2.05, 4.69) is 98.6 Å². The molecule has 11 unspecified atom stereocenters. The second-order valence-electron chi connectivity index (χ2n) is 21.7. The second-order valence-corrected chi connectivity index (χ2v) is 24.4. The molecule has 0 spiro atoms. The maximum absolute atomic E-state index is 11.7. The van der Waals surface area contributed by atoms with Crippen molar-refractivity contribution >= 4 is 31.6 Å². The standard InChI is InChI=1S/C47H63N6O14.C4H9.Al/c1-46(2,3)27-16-17-31-30-14-8-9-15-32(30)47(33(31)22-27,18-10-4-6-12-20-64-25-28-24-52(51-49-28)42-38(58)34(54)36(56)40(66-42)44(60)61)19-11-5-7-13-21-65-26-29-23-48-50-53(29)43-39(59)35(55)37(57)41(67-43)45(62)63;1-4(2)3;/h8,14-17,22-24,34-43,54-59H,4-7,10-13,18-21,25-26H2,1-3H3,(H,60,61)(H,62,63);1-3H3;. The Bertz CT molecular complexity index is 2460. The molecule has 393 valence electrons. The van der Waals surface area contributed by atoms with Crippen LogP contribution in [0.3, 0.4) is 0 Å². The van der Waals surface area contributed by atoms with Gasteiger partial charge in [-0.25, -0.2) is 19.0 Å². The third kappa shape index (κ3) is 12.6. The van der Waals surface area contributed by atoms with Crippen LogP contribution < -0.4 is 4.43 Å². The highest BCUT2D eigenvalue weighted by atomic mass is 27.1. The van der Waals surface area contributed by atoms with Gasteiger partial charge in [0.25, 0.3) is 15.2 Å². The summed E-state index contributed by atoms with van der Waals surface area (Å²) in [5, 5.41) is 96.6. The molecule has 1 radical (unpaired) electrons. The number of fused-ring (bicyclic) bond motifs is 3. The van der Waals surface area contributed by atoms with Crippen LogP contribution in [-0.2, 0) is 52.6 Å². The molecule has 4 aromatic rings. The largest absolute Gasteiger partial charge is 0.479 e. The molecule has 2 fully saturated rings. The molecule has 72 heavy (non-hydrogen) atoms. The van der Waals surface area contributed by atoms with Crippen LogP contribution in [0.15, 0.2) is 48.8 Å². The predicted molar refractivity (Wildman–Crippen MR) is 261 cm³/mol. The first-order chi connectivity index (χ1) is 34.1. The molecule has 4 heterocycles. The van der Waals surface area contributed by atoms with Crippen molar-refractivity contribution in [1.82, 2.24) is 30.0 Å². The van der Waals surface area contributed by atoms with Gasteiger partial charge in [0.2, 0.25) is 0 Å². The van der Waals surface area contributed by atoms with Gasteiger partial charge >= 0.3 is 11.9 Å². The van der Waals surface area contributed by atoms with E-state index in [9.17, 15) is 50.4 Å². The summed E-state index contributed by atoms with van der Waals surface area (Å²) in [4.78, 5) is 23.2. The number of hydrogen-bond donors (Lipinski definition) is 8. The van der Waals surface area contributed by atoms with Gasteiger partial charge in [0.15, 0.2) is 24.7 Å². The minimum absolute atomic E-state index is 0.0344. The number of ether oxygens (including phenoxy) is 4. The van der Waals surface area contributed by atoms with E-state index in [-0.39, 0.29) is 43.5 Å². The van der Waals surface area contributed by atoms with Crippen LogP contribution in [0.5, 0.6) is 0 Å². The minimum Gasteiger partial charge on any atom is -0.479 e. The molecular formula is C51H72AlN6O14. The van der Waals surface area contributed by atoms with Crippen molar-refractivity contribution in [2.75, 3.05) is 13.2 Å². The van der Waals surface area contributed by atoms with E-state index in [1.165, 1.54) is 49.3 Å². The number of nitrogens with zero attached hydrogens (tertiary/aromatic N) is 6. The average molecular weight is 1020 g/mol. The molecule has 0 amide bonds. The number of carboxylic acids is 2. The molecule has 2 aromatic carbocycles. The lowest BCUT2D eigenvalue weighted by Crippen LogP contribution is -2.58. The van der Waals surface area contributed by atoms with Gasteiger partial charge < -0.3 is 59.8 Å². The molecule has 1 aliphatic carbocycles. The Hall–Kier alpha value is -4.21. The van der Waals surface area contributed by atoms with Crippen LogP contribution in [0.4, 0.5) is 0 Å². The number of aliphatic hydroxyl groups excluding tert-OH is 6. The molecule has 3 aliphatic rings. The molecule has 2 aliphatic heterocycles. The summed E-state index contributed by atoms with van der Waals surface area (Å²) >= 11 is 0.0434. The molecule has 11 atom stereocenters. The van der Waals surface area contributed by atoms with Gasteiger partial charge in [-0.15, -0.1) is 14.6 Å². The van der Waals surface area contributed by atoms with E-state index >= 15 is 0 Å². The fraction of sp³-hybridized carbons (Fsp3) is 0.647. The summed E-state index contributed by atoms with van der Waals surface area (Å²) in [5.41, 5.74) is 7.45. The lowest BCUT2D eigenvalue weighted by molar-refractivity contribution is -0.250. The first-order valence-corrected chi connectivity index (χ1v) is 26.2. The van der Waals surface area contributed by atoms with E-state index < -0.39 is 73.2 Å². The Labute approximate surface area is 426 Å². The maximum atomic E-state index is 11.7. The maximum Gasteiger partial charge on any atom is 0.335 e. The van der Waals surface area contributed by atoms with Gasteiger partial charge in [-0.3, -0.25) is 0 Å².